The van der Waals surface area contributed by atoms with Gasteiger partial charge in [-0.05, 0) is 51.1 Å². The minimum atomic E-state index is 0.112. The van der Waals surface area contributed by atoms with E-state index in [1.165, 1.54) is 0 Å². The van der Waals surface area contributed by atoms with Crippen LogP contribution in [0.5, 0.6) is 0 Å². The fraction of sp³-hybridized carbons (Fsp3) is 0.435. The fourth-order valence-corrected chi connectivity index (χ4v) is 4.17. The third-order valence-corrected chi connectivity index (χ3v) is 6.23. The van der Waals surface area contributed by atoms with Crippen molar-refractivity contribution in [1.29, 1.82) is 0 Å². The highest BCUT2D eigenvalue weighted by atomic mass is 35.5. The third kappa shape index (κ3) is 5.65. The van der Waals surface area contributed by atoms with Crippen molar-refractivity contribution in [3.8, 4) is 0 Å². The summed E-state index contributed by atoms with van der Waals surface area (Å²) in [7, 11) is 0. The van der Waals surface area contributed by atoms with Crippen molar-refractivity contribution in [2.45, 2.75) is 26.3 Å². The molecule has 29 heavy (non-hydrogen) atoms. The molecule has 0 saturated carbocycles. The molecule has 6 heteroatoms. The fourth-order valence-electron chi connectivity index (χ4n) is 3.75. The van der Waals surface area contributed by atoms with E-state index in [0.717, 1.165) is 56.9 Å². The van der Waals surface area contributed by atoms with E-state index >= 15 is 0 Å². The third-order valence-electron chi connectivity index (χ3n) is 5.42. The Hall–Kier alpha value is -1.75. The Balaban J connectivity index is 1.48. The first-order valence-corrected chi connectivity index (χ1v) is 11.0. The van der Waals surface area contributed by atoms with E-state index in [2.05, 4.69) is 23.6 Å². The highest BCUT2D eigenvalue weighted by Gasteiger charge is 2.21. The molecule has 0 unspecified atom stereocenters. The van der Waals surface area contributed by atoms with Gasteiger partial charge in [-0.25, -0.2) is 0 Å². The molecular weight excluding hydrogens is 405 g/mol. The lowest BCUT2D eigenvalue weighted by atomic mass is 10.1. The Morgan fingerprint density at radius 3 is 2.34 bits per heavy atom. The number of anilines is 1. The summed E-state index contributed by atoms with van der Waals surface area (Å²) in [4.78, 5) is 19.5. The maximum absolute atomic E-state index is 12.8. The molecule has 1 fully saturated rings. The highest BCUT2D eigenvalue weighted by molar-refractivity contribution is 6.43. The second kappa shape index (κ2) is 10.3. The van der Waals surface area contributed by atoms with Crippen LogP contribution in [0.3, 0.4) is 0 Å². The molecule has 156 valence electrons. The lowest BCUT2D eigenvalue weighted by Gasteiger charge is -2.37. The van der Waals surface area contributed by atoms with Crippen molar-refractivity contribution in [2.24, 2.45) is 0 Å². The number of nitrogens with zero attached hydrogens (tertiary/aromatic N) is 3. The van der Waals surface area contributed by atoms with E-state index in [4.69, 9.17) is 23.2 Å². The van der Waals surface area contributed by atoms with Gasteiger partial charge in [-0.2, -0.15) is 0 Å². The zero-order chi connectivity index (χ0) is 20.8. The Labute approximate surface area is 184 Å². The number of piperazine rings is 1. The van der Waals surface area contributed by atoms with Crippen LogP contribution in [0, 0.1) is 0 Å². The molecule has 0 N–H and O–H groups in total. The molecule has 0 atom stereocenters. The van der Waals surface area contributed by atoms with Gasteiger partial charge < -0.3 is 9.80 Å². The number of benzene rings is 2. The Morgan fingerprint density at radius 2 is 1.69 bits per heavy atom. The van der Waals surface area contributed by atoms with Crippen molar-refractivity contribution in [2.75, 3.05) is 44.2 Å². The highest BCUT2D eigenvalue weighted by Crippen LogP contribution is 2.32. The zero-order valence-corrected chi connectivity index (χ0v) is 18.7. The topological polar surface area (TPSA) is 26.8 Å². The first-order chi connectivity index (χ1) is 14.0. The van der Waals surface area contributed by atoms with Crippen LogP contribution >= 0.6 is 23.2 Å². The summed E-state index contributed by atoms with van der Waals surface area (Å²) in [5.41, 5.74) is 1.77. The quantitative estimate of drug-likeness (QED) is 0.610. The monoisotopic (exact) mass is 433 g/mol. The van der Waals surface area contributed by atoms with Crippen LogP contribution in [0.2, 0.25) is 10.0 Å². The van der Waals surface area contributed by atoms with Gasteiger partial charge in [0.25, 0.3) is 5.91 Å². The Bertz CT molecular complexity index is 805. The van der Waals surface area contributed by atoms with Crippen LogP contribution in [-0.2, 0) is 0 Å². The van der Waals surface area contributed by atoms with Crippen molar-refractivity contribution < 1.29 is 4.79 Å². The SMILES string of the molecule is CC(C)N(CCCN1CCN(c2cccc(Cl)c2Cl)CC1)C(=O)c1ccccc1. The smallest absolute Gasteiger partial charge is 0.254 e. The van der Waals surface area contributed by atoms with Crippen molar-refractivity contribution in [3.05, 3.63) is 64.1 Å². The number of carbonyl (C=O) groups excluding carboxylic acids is 1. The molecule has 1 amide bonds. The second-order valence-corrected chi connectivity index (χ2v) is 8.50. The van der Waals surface area contributed by atoms with E-state index in [1.54, 1.807) is 0 Å². The van der Waals surface area contributed by atoms with Crippen LogP contribution in [-0.4, -0.2) is 61.0 Å². The zero-order valence-electron chi connectivity index (χ0n) is 17.2. The van der Waals surface area contributed by atoms with Crippen LogP contribution in [0.15, 0.2) is 48.5 Å². The van der Waals surface area contributed by atoms with E-state index in [9.17, 15) is 4.79 Å². The molecule has 0 radical (unpaired) electrons. The predicted octanol–water partition coefficient (Wildman–Crippen LogP) is 5.06. The van der Waals surface area contributed by atoms with Crippen LogP contribution in [0.4, 0.5) is 5.69 Å². The number of carbonyl (C=O) groups is 1. The summed E-state index contributed by atoms with van der Waals surface area (Å²) in [6, 6.07) is 15.5. The number of hydrogen-bond donors (Lipinski definition) is 0. The van der Waals surface area contributed by atoms with Crippen LogP contribution in [0.1, 0.15) is 30.6 Å². The first kappa shape index (κ1) is 21.9. The van der Waals surface area contributed by atoms with Gasteiger partial charge in [-0.3, -0.25) is 9.69 Å². The molecule has 0 bridgehead atoms. The first-order valence-electron chi connectivity index (χ1n) is 10.2. The standard InChI is InChI=1S/C23H29Cl2N3O/c1-18(2)28(23(29)19-8-4-3-5-9-19)13-7-12-26-14-16-27(17-15-26)21-11-6-10-20(24)22(21)25/h3-6,8-11,18H,7,12-17H2,1-2H3. The molecule has 1 saturated heterocycles. The van der Waals surface area contributed by atoms with Gasteiger partial charge >= 0.3 is 0 Å². The van der Waals surface area contributed by atoms with Gasteiger partial charge in [0.05, 0.1) is 15.7 Å². The van der Waals surface area contributed by atoms with Crippen molar-refractivity contribution >= 4 is 34.8 Å². The molecule has 1 aliphatic heterocycles. The summed E-state index contributed by atoms with van der Waals surface area (Å²) in [6.45, 7) is 9.74. The molecule has 0 spiro atoms. The Kier molecular flexibility index (Phi) is 7.82. The summed E-state index contributed by atoms with van der Waals surface area (Å²) in [5.74, 6) is 0.112. The molecule has 4 nitrogen and oxygen atoms in total. The molecule has 0 aromatic heterocycles. The van der Waals surface area contributed by atoms with Crippen LogP contribution in [0.25, 0.3) is 0 Å². The average Bonchev–Trinajstić information content (AvgIpc) is 2.74. The molecule has 2 aromatic carbocycles. The van der Waals surface area contributed by atoms with Gasteiger partial charge in [-0.15, -0.1) is 0 Å². The molecule has 1 heterocycles. The van der Waals surface area contributed by atoms with Gasteiger partial charge in [0.2, 0.25) is 0 Å². The minimum absolute atomic E-state index is 0.112. The van der Waals surface area contributed by atoms with E-state index in [0.29, 0.717) is 10.0 Å². The van der Waals surface area contributed by atoms with Gasteiger partial charge in [0.1, 0.15) is 0 Å². The minimum Gasteiger partial charge on any atom is -0.368 e. The summed E-state index contributed by atoms with van der Waals surface area (Å²) < 4.78 is 0. The molecule has 3 rings (SSSR count). The maximum atomic E-state index is 12.8. The normalized spacial score (nSPS) is 15.0. The van der Waals surface area contributed by atoms with E-state index in [1.807, 2.05) is 53.4 Å². The molecule has 0 aliphatic carbocycles. The number of hydrogen-bond acceptors (Lipinski definition) is 3. The largest absolute Gasteiger partial charge is 0.368 e. The second-order valence-electron chi connectivity index (χ2n) is 7.71. The number of halogens is 2. The number of amides is 1. The average molecular weight is 434 g/mol. The summed E-state index contributed by atoms with van der Waals surface area (Å²) in [6.07, 6.45) is 0.967. The molecular formula is C23H29Cl2N3O. The predicted molar refractivity (Wildman–Crippen MR) is 122 cm³/mol. The van der Waals surface area contributed by atoms with Crippen LogP contribution < -0.4 is 4.90 Å². The summed E-state index contributed by atoms with van der Waals surface area (Å²) in [5, 5.41) is 1.23. The molecule has 2 aromatic rings. The number of rotatable bonds is 7. The van der Waals surface area contributed by atoms with Gasteiger partial charge in [0, 0.05) is 44.3 Å². The van der Waals surface area contributed by atoms with E-state index in [-0.39, 0.29) is 11.9 Å². The molecule has 1 aliphatic rings. The lowest BCUT2D eigenvalue weighted by molar-refractivity contribution is 0.0695. The maximum Gasteiger partial charge on any atom is 0.254 e. The lowest BCUT2D eigenvalue weighted by Crippen LogP contribution is -2.47. The Morgan fingerprint density at radius 1 is 1.00 bits per heavy atom. The van der Waals surface area contributed by atoms with Gasteiger partial charge in [0.15, 0.2) is 0 Å². The van der Waals surface area contributed by atoms with Crippen molar-refractivity contribution in [3.63, 3.8) is 0 Å². The van der Waals surface area contributed by atoms with Crippen molar-refractivity contribution in [1.82, 2.24) is 9.80 Å². The summed E-state index contributed by atoms with van der Waals surface area (Å²) >= 11 is 12.5. The van der Waals surface area contributed by atoms with Gasteiger partial charge in [-0.1, -0.05) is 47.5 Å². The van der Waals surface area contributed by atoms with E-state index < -0.39 is 0 Å².